The third-order valence-corrected chi connectivity index (χ3v) is 7.24. The van der Waals surface area contributed by atoms with E-state index in [1.807, 2.05) is 0 Å². The summed E-state index contributed by atoms with van der Waals surface area (Å²) in [4.78, 5) is 11.0. The van der Waals surface area contributed by atoms with Crippen LogP contribution in [-0.2, 0) is 11.2 Å². The number of nitrogens with one attached hydrogen (secondary N) is 3. The van der Waals surface area contributed by atoms with Crippen LogP contribution < -0.4 is 10.6 Å². The molecule has 2 fully saturated rings. The number of halogens is 1. The number of morpholine rings is 1. The van der Waals surface area contributed by atoms with Crippen molar-refractivity contribution in [1.82, 2.24) is 20.5 Å². The zero-order valence-corrected chi connectivity index (χ0v) is 20.9. The van der Waals surface area contributed by atoms with Crippen molar-refractivity contribution in [3.8, 4) is 0 Å². The first-order valence-electron chi connectivity index (χ1n) is 10.8. The van der Waals surface area contributed by atoms with Crippen molar-refractivity contribution < 1.29 is 4.74 Å². The van der Waals surface area contributed by atoms with Crippen LogP contribution in [0.3, 0.4) is 0 Å². The molecule has 1 aromatic carbocycles. The lowest BCUT2D eigenvalue weighted by Crippen LogP contribution is -2.56. The van der Waals surface area contributed by atoms with E-state index in [-0.39, 0.29) is 29.5 Å². The number of ether oxygens (including phenoxy) is 1. The molecule has 0 bridgehead atoms. The van der Waals surface area contributed by atoms with Crippen molar-refractivity contribution >= 4 is 52.6 Å². The van der Waals surface area contributed by atoms with Crippen LogP contribution in [0.15, 0.2) is 35.5 Å². The van der Waals surface area contributed by atoms with Crippen molar-refractivity contribution in [1.29, 1.82) is 0 Å². The zero-order chi connectivity index (χ0) is 19.9. The maximum Gasteiger partial charge on any atom is 0.191 e. The summed E-state index contributed by atoms with van der Waals surface area (Å²) in [5, 5.41) is 8.28. The average molecular weight is 544 g/mol. The van der Waals surface area contributed by atoms with Gasteiger partial charge in [0, 0.05) is 49.0 Å². The molecule has 8 heteroatoms. The topological polar surface area (TPSA) is 64.7 Å². The molecule has 1 unspecified atom stereocenters. The molecule has 0 aliphatic carbocycles. The number of guanidine groups is 1. The van der Waals surface area contributed by atoms with Gasteiger partial charge in [-0.25, -0.2) is 0 Å². The number of fused-ring (bicyclic) bond motifs is 1. The Kier molecular flexibility index (Phi) is 9.15. The normalized spacial score (nSPS) is 22.8. The van der Waals surface area contributed by atoms with Gasteiger partial charge >= 0.3 is 0 Å². The Morgan fingerprint density at radius 2 is 2.10 bits per heavy atom. The molecule has 30 heavy (non-hydrogen) atoms. The molecule has 2 aliphatic rings. The molecule has 6 nitrogen and oxygen atoms in total. The first-order valence-corrected chi connectivity index (χ1v) is 11.9. The summed E-state index contributed by atoms with van der Waals surface area (Å²) >= 11 is 2.06. The number of para-hydroxylation sites is 1. The molecule has 0 saturated carbocycles. The highest BCUT2D eigenvalue weighted by molar-refractivity contribution is 14.0. The van der Waals surface area contributed by atoms with Gasteiger partial charge in [-0.15, -0.1) is 24.0 Å². The number of aliphatic imine (C=N–C) groups is 1. The molecule has 4 rings (SSSR count). The highest BCUT2D eigenvalue weighted by Gasteiger charge is 2.40. The number of nitrogens with zero attached hydrogens (tertiary/aromatic N) is 2. The van der Waals surface area contributed by atoms with Gasteiger partial charge in [-0.1, -0.05) is 18.2 Å². The number of hydrogen-bond donors (Lipinski definition) is 3. The Bertz CT molecular complexity index is 815. The Balaban J connectivity index is 0.00000256. The van der Waals surface area contributed by atoms with E-state index >= 15 is 0 Å². The minimum Gasteiger partial charge on any atom is -0.379 e. The number of aromatic nitrogens is 1. The maximum atomic E-state index is 5.58. The van der Waals surface area contributed by atoms with Crippen LogP contribution in [0.4, 0.5) is 0 Å². The fourth-order valence-corrected chi connectivity index (χ4v) is 5.80. The molecule has 2 aliphatic heterocycles. The highest BCUT2D eigenvalue weighted by atomic mass is 127. The van der Waals surface area contributed by atoms with Gasteiger partial charge in [-0.05, 0) is 37.1 Å². The van der Waals surface area contributed by atoms with Crippen LogP contribution >= 0.6 is 35.7 Å². The fourth-order valence-electron chi connectivity index (χ4n) is 4.33. The lowest BCUT2D eigenvalue weighted by molar-refractivity contribution is -0.0104. The molecule has 3 N–H and O–H groups in total. The molecule has 2 aromatic rings. The molecule has 1 atom stereocenters. The predicted molar refractivity (Wildman–Crippen MR) is 138 cm³/mol. The molecule has 0 amide bonds. The van der Waals surface area contributed by atoms with Crippen LogP contribution in [0.1, 0.15) is 18.9 Å². The van der Waals surface area contributed by atoms with Crippen LogP contribution in [0.5, 0.6) is 0 Å². The second kappa shape index (κ2) is 11.6. The number of rotatable bonds is 7. The Labute approximate surface area is 201 Å². The molecule has 2 saturated heterocycles. The maximum absolute atomic E-state index is 5.58. The van der Waals surface area contributed by atoms with E-state index in [0.29, 0.717) is 0 Å². The predicted octanol–water partition coefficient (Wildman–Crippen LogP) is 3.09. The second-order valence-corrected chi connectivity index (χ2v) is 8.96. The molecule has 3 heterocycles. The van der Waals surface area contributed by atoms with Gasteiger partial charge in [0.15, 0.2) is 5.96 Å². The van der Waals surface area contributed by atoms with E-state index in [4.69, 9.17) is 9.73 Å². The molecule has 1 aromatic heterocycles. The minimum atomic E-state index is 0. The molecular formula is C22H34IN5OS. The average Bonchev–Trinajstić information content (AvgIpc) is 3.41. The van der Waals surface area contributed by atoms with Crippen LogP contribution in [0, 0.1) is 0 Å². The third kappa shape index (κ3) is 5.63. The lowest BCUT2D eigenvalue weighted by atomic mass is 9.96. The summed E-state index contributed by atoms with van der Waals surface area (Å²) in [6, 6.07) is 8.48. The summed E-state index contributed by atoms with van der Waals surface area (Å²) in [6.45, 7) is 8.47. The van der Waals surface area contributed by atoms with Gasteiger partial charge < -0.3 is 20.4 Å². The molecule has 166 valence electrons. The van der Waals surface area contributed by atoms with Gasteiger partial charge in [0.1, 0.15) is 0 Å². The fraction of sp³-hybridized carbons (Fsp3) is 0.591. The molecule has 0 spiro atoms. The quantitative estimate of drug-likeness (QED) is 0.285. The Hall–Kier alpha value is -0.970. The highest BCUT2D eigenvalue weighted by Crippen LogP contribution is 2.34. The minimum absolute atomic E-state index is 0. The Morgan fingerprint density at radius 3 is 2.87 bits per heavy atom. The van der Waals surface area contributed by atoms with E-state index in [1.165, 1.54) is 34.4 Å². The van der Waals surface area contributed by atoms with Gasteiger partial charge in [0.05, 0.1) is 25.3 Å². The number of thioether (sulfide) groups is 1. The summed E-state index contributed by atoms with van der Waals surface area (Å²) in [6.07, 6.45) is 4.31. The van der Waals surface area contributed by atoms with Gasteiger partial charge in [0.2, 0.25) is 0 Å². The van der Waals surface area contributed by atoms with Crippen molar-refractivity contribution in [2.24, 2.45) is 4.99 Å². The van der Waals surface area contributed by atoms with E-state index < -0.39 is 0 Å². The van der Waals surface area contributed by atoms with Gasteiger partial charge in [-0.3, -0.25) is 9.89 Å². The first-order chi connectivity index (χ1) is 14.3. The zero-order valence-electron chi connectivity index (χ0n) is 17.8. The molecule has 0 radical (unpaired) electrons. The van der Waals surface area contributed by atoms with Gasteiger partial charge in [0.25, 0.3) is 0 Å². The number of benzene rings is 1. The van der Waals surface area contributed by atoms with Crippen LogP contribution in [0.2, 0.25) is 0 Å². The van der Waals surface area contributed by atoms with E-state index in [9.17, 15) is 0 Å². The summed E-state index contributed by atoms with van der Waals surface area (Å²) < 4.78 is 5.58. The Morgan fingerprint density at radius 1 is 1.27 bits per heavy atom. The summed E-state index contributed by atoms with van der Waals surface area (Å²) in [7, 11) is 0. The number of H-pyrrole nitrogens is 1. The smallest absolute Gasteiger partial charge is 0.191 e. The summed E-state index contributed by atoms with van der Waals surface area (Å²) in [5.74, 6) is 3.33. The lowest BCUT2D eigenvalue weighted by Gasteiger charge is -2.42. The van der Waals surface area contributed by atoms with Crippen molar-refractivity contribution in [3.05, 3.63) is 36.0 Å². The van der Waals surface area contributed by atoms with Crippen LogP contribution in [0.25, 0.3) is 10.9 Å². The third-order valence-electron chi connectivity index (χ3n) is 6.00. The van der Waals surface area contributed by atoms with E-state index in [2.05, 4.69) is 69.7 Å². The van der Waals surface area contributed by atoms with Crippen molar-refractivity contribution in [2.75, 3.05) is 57.4 Å². The standard InChI is InChI=1S/C22H33N5OS.HI/c1-2-23-21(24-9-7-18-15-25-20-6-4-3-5-19(18)20)26-16-22(8-14-29-17-22)27-10-12-28-13-11-27;/h3-6,15,25H,2,7-14,16-17H2,1H3,(H2,23,24,26);1H. The van der Waals surface area contributed by atoms with Gasteiger partial charge in [-0.2, -0.15) is 11.8 Å². The van der Waals surface area contributed by atoms with Crippen molar-refractivity contribution in [3.63, 3.8) is 0 Å². The number of hydrogen-bond acceptors (Lipinski definition) is 4. The monoisotopic (exact) mass is 543 g/mol. The molecular weight excluding hydrogens is 509 g/mol. The van der Waals surface area contributed by atoms with E-state index in [0.717, 1.165) is 58.3 Å². The largest absolute Gasteiger partial charge is 0.379 e. The first kappa shape index (κ1) is 23.7. The van der Waals surface area contributed by atoms with Crippen LogP contribution in [-0.4, -0.2) is 78.8 Å². The summed E-state index contributed by atoms with van der Waals surface area (Å²) in [5.41, 5.74) is 2.74. The second-order valence-electron chi connectivity index (χ2n) is 7.86. The van der Waals surface area contributed by atoms with E-state index in [1.54, 1.807) is 0 Å². The SMILES string of the molecule is CCNC(=NCC1(N2CCOCC2)CCSC1)NCCc1c[nH]c2ccccc12.I. The van der Waals surface area contributed by atoms with Crippen molar-refractivity contribution in [2.45, 2.75) is 25.3 Å². The number of aromatic amines is 1.